The highest BCUT2D eigenvalue weighted by Crippen LogP contribution is 2.40. The molecule has 0 bridgehead atoms. The number of nitrogens with zero attached hydrogens (tertiary/aromatic N) is 4. The van der Waals surface area contributed by atoms with Gasteiger partial charge in [0.05, 0.1) is 20.5 Å². The van der Waals surface area contributed by atoms with Crippen LogP contribution in [0.4, 0.5) is 5.82 Å². The molecule has 5 N–H and O–H groups in total. The average molecular weight is 298 g/mol. The van der Waals surface area contributed by atoms with Crippen LogP contribution in [0.5, 0.6) is 0 Å². The van der Waals surface area contributed by atoms with Gasteiger partial charge >= 0.3 is 0 Å². The Morgan fingerprint density at radius 2 is 2.43 bits per heavy atom. The Kier molecular flexibility index (Phi) is 1.70. The minimum Gasteiger partial charge on any atom is -0.394 e. The summed E-state index contributed by atoms with van der Waals surface area (Å²) >= 11 is 0. The fraction of sp³-hybridized carbons (Fsp3) is 0.417. The molecule has 0 amide bonds. The molecule has 3 heterocycles. The highest BCUT2D eigenvalue weighted by Gasteiger charge is 2.57. The number of hydrogen-bond donors (Lipinski definition) is 4. The second-order valence-corrected chi connectivity index (χ2v) is 4.11. The van der Waals surface area contributed by atoms with Gasteiger partial charge in [0.1, 0.15) is 37.5 Å². The molecule has 9 heteroatoms. The van der Waals surface area contributed by atoms with Gasteiger partial charge in [0.15, 0.2) is 5.82 Å². The van der Waals surface area contributed by atoms with Crippen molar-refractivity contribution in [3.63, 3.8) is 0 Å². The van der Waals surface area contributed by atoms with E-state index in [1.807, 2.05) is 0 Å². The first kappa shape index (κ1) is 7.67. The first-order valence-corrected chi connectivity index (χ1v) is 5.52. The van der Waals surface area contributed by atoms with Crippen LogP contribution in [0.3, 0.4) is 0 Å². The summed E-state index contributed by atoms with van der Waals surface area (Å²) in [4.78, 5) is 3.50. The number of aliphatic hydroxyl groups is 3. The molecule has 3 rings (SSSR count). The molecule has 4 atom stereocenters. The molecule has 1 saturated heterocycles. The number of aromatic nitrogens is 3. The maximum Gasteiger partial charge on any atom is 0.225 e. The zero-order valence-corrected chi connectivity index (χ0v) is 10.2. The van der Waals surface area contributed by atoms with Gasteiger partial charge in [0, 0.05) is 0 Å². The van der Waals surface area contributed by atoms with E-state index in [1.54, 1.807) is 0 Å². The third kappa shape index (κ3) is 1.71. The van der Waals surface area contributed by atoms with Gasteiger partial charge in [-0.2, -0.15) is 10.4 Å². The molecule has 2 aromatic rings. The summed E-state index contributed by atoms with van der Waals surface area (Å²) in [7, 11) is 0. The third-order valence-corrected chi connectivity index (χ3v) is 3.01. The van der Waals surface area contributed by atoms with E-state index in [-0.39, 0.29) is 5.52 Å². The predicted molar refractivity (Wildman–Crippen MR) is 68.7 cm³/mol. The molecule has 2 aromatic heterocycles. The van der Waals surface area contributed by atoms with E-state index in [1.165, 1.54) is 6.07 Å². The van der Waals surface area contributed by atoms with E-state index in [0.29, 0.717) is 4.52 Å². The van der Waals surface area contributed by atoms with Gasteiger partial charge in [-0.1, -0.05) is 0 Å². The van der Waals surface area contributed by atoms with E-state index < -0.39 is 60.3 Å². The molecule has 9 nitrogen and oxygen atoms in total. The Balaban J connectivity index is 2.46. The highest BCUT2D eigenvalue weighted by atomic mass is 16.6. The SMILES string of the molecule is [2H]c1nc(N)c2c([2H])c([2H])c(C3(C#N)OC(C([2H])([2H])O)C([2H])(O)C3([2H])O)n2n1. The Hall–Kier alpha value is -2.25. The molecule has 4 unspecified atom stereocenters. The van der Waals surface area contributed by atoms with Gasteiger partial charge in [0.25, 0.3) is 0 Å². The smallest absolute Gasteiger partial charge is 0.225 e. The van der Waals surface area contributed by atoms with Gasteiger partial charge in [-0.05, 0) is 12.1 Å². The average Bonchev–Trinajstić information content (AvgIpc) is 2.87. The second kappa shape index (κ2) is 4.64. The zero-order chi connectivity index (χ0) is 21.4. The molecule has 21 heavy (non-hydrogen) atoms. The molecule has 1 aliphatic rings. The van der Waals surface area contributed by atoms with E-state index in [9.17, 15) is 20.6 Å². The summed E-state index contributed by atoms with van der Waals surface area (Å²) in [5, 5.41) is 43.7. The van der Waals surface area contributed by atoms with Crippen LogP contribution in [0.25, 0.3) is 5.52 Å². The van der Waals surface area contributed by atoms with Crippen LogP contribution in [0.2, 0.25) is 0 Å². The van der Waals surface area contributed by atoms with Crippen LogP contribution >= 0.6 is 0 Å². The van der Waals surface area contributed by atoms with Crippen molar-refractivity contribution >= 4 is 11.3 Å². The molecule has 1 fully saturated rings. The maximum absolute atomic E-state index is 10.6. The fourth-order valence-electron chi connectivity index (χ4n) is 2.00. The fourth-order valence-corrected chi connectivity index (χ4v) is 2.00. The van der Waals surface area contributed by atoms with Crippen molar-refractivity contribution in [2.75, 3.05) is 12.3 Å². The van der Waals surface area contributed by atoms with Crippen molar-refractivity contribution in [3.8, 4) is 6.07 Å². The predicted octanol–water partition coefficient (Wildman–Crippen LogP) is -1.86. The van der Waals surface area contributed by atoms with Crippen molar-refractivity contribution in [2.45, 2.75) is 23.9 Å². The summed E-state index contributed by atoms with van der Waals surface area (Å²) in [6.07, 6.45) is -10.6. The van der Waals surface area contributed by atoms with Crippen LogP contribution in [-0.2, 0) is 10.3 Å². The van der Waals surface area contributed by atoms with E-state index in [2.05, 4.69) is 10.1 Å². The number of ether oxygens (including phenoxy) is 1. The standard InChI is InChI=1S/C12H13N5O4/c13-4-12(10(20)9(19)7(3-18)21-12)8-2-1-6-11(14)15-5-16-17(6)8/h1-2,5,7,9-10,18-20H,3H2,(H2,14,15,16)/i1D,2D,3D2,5D,9D,10D. The largest absolute Gasteiger partial charge is 0.394 e. The molecule has 1 aliphatic heterocycles. The molecule has 0 aromatic carbocycles. The Morgan fingerprint density at radius 3 is 3.05 bits per heavy atom. The monoisotopic (exact) mass is 298 g/mol. The van der Waals surface area contributed by atoms with Crippen LogP contribution in [0, 0.1) is 11.3 Å². The Morgan fingerprint density at radius 1 is 1.67 bits per heavy atom. The van der Waals surface area contributed by atoms with Crippen LogP contribution in [-0.4, -0.2) is 54.7 Å². The molecular weight excluding hydrogens is 278 g/mol. The van der Waals surface area contributed by atoms with Gasteiger partial charge in [-0.15, -0.1) is 0 Å². The summed E-state index contributed by atoms with van der Waals surface area (Å²) < 4.78 is 59.7. The number of fused-ring (bicyclic) bond motifs is 1. The minimum atomic E-state index is -3.67. The summed E-state index contributed by atoms with van der Waals surface area (Å²) in [6, 6.07) is -0.220. The maximum atomic E-state index is 10.6. The quantitative estimate of drug-likeness (QED) is 0.504. The first-order valence-electron chi connectivity index (χ1n) is 9.02. The summed E-state index contributed by atoms with van der Waals surface area (Å²) in [5.74, 6) is -0.445. The minimum absolute atomic E-state index is 0.381. The van der Waals surface area contributed by atoms with Crippen LogP contribution < -0.4 is 5.73 Å². The number of rotatable bonds is 2. The molecule has 0 saturated carbocycles. The molecule has 0 radical (unpaired) electrons. The van der Waals surface area contributed by atoms with Crippen LogP contribution in [0.15, 0.2) is 18.4 Å². The van der Waals surface area contributed by atoms with Gasteiger partial charge in [-0.25, -0.2) is 9.50 Å². The lowest BCUT2D eigenvalue weighted by atomic mass is 9.92. The lowest BCUT2D eigenvalue weighted by Gasteiger charge is -2.24. The molecule has 0 spiro atoms. The number of nitrogen functional groups attached to an aromatic ring is 1. The van der Waals surface area contributed by atoms with Gasteiger partial charge < -0.3 is 25.8 Å². The van der Waals surface area contributed by atoms with Crippen molar-refractivity contribution in [1.29, 1.82) is 5.26 Å². The van der Waals surface area contributed by atoms with E-state index in [4.69, 9.17) is 20.1 Å². The van der Waals surface area contributed by atoms with Crippen molar-refractivity contribution < 1.29 is 29.7 Å². The highest BCUT2D eigenvalue weighted by molar-refractivity contribution is 5.66. The lowest BCUT2D eigenvalue weighted by Crippen LogP contribution is -2.40. The molecule has 0 aliphatic carbocycles. The summed E-state index contributed by atoms with van der Waals surface area (Å²) in [5.41, 5.74) is 1.21. The van der Waals surface area contributed by atoms with Crippen molar-refractivity contribution in [2.24, 2.45) is 0 Å². The number of nitriles is 1. The van der Waals surface area contributed by atoms with E-state index >= 15 is 0 Å². The Bertz CT molecular complexity index is 1030. The van der Waals surface area contributed by atoms with Crippen molar-refractivity contribution in [1.82, 2.24) is 14.6 Å². The molecule has 110 valence electrons. The lowest BCUT2D eigenvalue weighted by molar-refractivity contribution is -0.0643. The normalized spacial score (nSPS) is 44.9. The second-order valence-electron chi connectivity index (χ2n) is 4.11. The van der Waals surface area contributed by atoms with E-state index in [0.717, 1.165) is 0 Å². The van der Waals surface area contributed by atoms with Gasteiger partial charge in [0.2, 0.25) is 5.60 Å². The third-order valence-electron chi connectivity index (χ3n) is 3.01. The number of hydrogen-bond acceptors (Lipinski definition) is 8. The topological polar surface area (TPSA) is 150 Å². The van der Waals surface area contributed by atoms with Gasteiger partial charge in [-0.3, -0.25) is 0 Å². The summed E-state index contributed by atoms with van der Waals surface area (Å²) in [6.45, 7) is -3.49. The van der Waals surface area contributed by atoms with Crippen molar-refractivity contribution in [3.05, 3.63) is 24.1 Å². The Labute approximate surface area is 128 Å². The number of anilines is 1. The first-order chi connectivity index (χ1) is 12.6. The number of nitrogens with two attached hydrogens (primary N) is 1. The zero-order valence-electron chi connectivity index (χ0n) is 17.2. The van der Waals surface area contributed by atoms with Crippen LogP contribution in [0.1, 0.15) is 15.3 Å². The molecular formula is C12H13N5O4.